The quantitative estimate of drug-likeness (QED) is 0.354. The maximum Gasteiger partial charge on any atom is 0.188 e. The fourth-order valence-electron chi connectivity index (χ4n) is 1.93. The summed E-state index contributed by atoms with van der Waals surface area (Å²) >= 11 is 1.55. The van der Waals surface area contributed by atoms with E-state index >= 15 is 0 Å². The van der Waals surface area contributed by atoms with Gasteiger partial charge in [-0.3, -0.25) is 4.79 Å². The maximum atomic E-state index is 11.5. The summed E-state index contributed by atoms with van der Waals surface area (Å²) in [7, 11) is 0. The number of aryl methyl sites for hydroxylation is 2. The number of para-hydroxylation sites is 1. The normalized spacial score (nSPS) is 10.4. The van der Waals surface area contributed by atoms with E-state index in [4.69, 9.17) is 4.74 Å². The number of carbonyl (C=O) groups is 1. The molecule has 5 heteroatoms. The molecular weight excluding hydrogens is 284 g/mol. The molecule has 0 spiro atoms. The Morgan fingerprint density at radius 3 is 2.52 bits per heavy atom. The highest BCUT2D eigenvalue weighted by atomic mass is 32.2. The average molecular weight is 302 g/mol. The van der Waals surface area contributed by atoms with E-state index in [0.29, 0.717) is 17.9 Å². The maximum absolute atomic E-state index is 11.5. The minimum Gasteiger partial charge on any atom is -0.492 e. The third-order valence-corrected chi connectivity index (χ3v) is 3.61. The SMILES string of the molecule is CC(=O)c1ccccc1OCCSc1nc(C)cc(C)n1. The van der Waals surface area contributed by atoms with Gasteiger partial charge in [-0.25, -0.2) is 9.97 Å². The molecule has 0 radical (unpaired) electrons. The van der Waals surface area contributed by atoms with Gasteiger partial charge < -0.3 is 4.74 Å². The van der Waals surface area contributed by atoms with Gasteiger partial charge in [0.2, 0.25) is 0 Å². The van der Waals surface area contributed by atoms with Crippen LogP contribution in [0.5, 0.6) is 5.75 Å². The molecule has 0 N–H and O–H groups in total. The molecule has 0 aliphatic heterocycles. The predicted molar refractivity (Wildman–Crippen MR) is 84.2 cm³/mol. The number of Topliss-reactive ketones (excluding diaryl/α,β-unsaturated/α-hetero) is 1. The first kappa shape index (κ1) is 15.5. The Morgan fingerprint density at radius 2 is 1.86 bits per heavy atom. The zero-order valence-electron chi connectivity index (χ0n) is 12.4. The van der Waals surface area contributed by atoms with Crippen LogP contribution in [0, 0.1) is 13.8 Å². The fourth-order valence-corrected chi connectivity index (χ4v) is 2.69. The molecule has 1 aromatic heterocycles. The molecule has 0 bridgehead atoms. The van der Waals surface area contributed by atoms with Crippen LogP contribution >= 0.6 is 11.8 Å². The van der Waals surface area contributed by atoms with Gasteiger partial charge >= 0.3 is 0 Å². The molecular formula is C16H18N2O2S. The lowest BCUT2D eigenvalue weighted by molar-refractivity contribution is 0.101. The Morgan fingerprint density at radius 1 is 1.19 bits per heavy atom. The van der Waals surface area contributed by atoms with Crippen molar-refractivity contribution in [3.8, 4) is 5.75 Å². The zero-order chi connectivity index (χ0) is 15.2. The van der Waals surface area contributed by atoms with E-state index < -0.39 is 0 Å². The molecule has 21 heavy (non-hydrogen) atoms. The summed E-state index contributed by atoms with van der Waals surface area (Å²) in [6.45, 7) is 5.96. The lowest BCUT2D eigenvalue weighted by atomic mass is 10.1. The highest BCUT2D eigenvalue weighted by Crippen LogP contribution is 2.19. The van der Waals surface area contributed by atoms with Crippen molar-refractivity contribution in [1.29, 1.82) is 0 Å². The summed E-state index contributed by atoms with van der Waals surface area (Å²) in [6.07, 6.45) is 0. The number of thioether (sulfide) groups is 1. The van der Waals surface area contributed by atoms with E-state index in [1.54, 1.807) is 24.8 Å². The van der Waals surface area contributed by atoms with Gasteiger partial charge in [-0.2, -0.15) is 0 Å². The van der Waals surface area contributed by atoms with Crippen LogP contribution in [0.2, 0.25) is 0 Å². The molecule has 1 heterocycles. The van der Waals surface area contributed by atoms with Crippen molar-refractivity contribution in [3.63, 3.8) is 0 Å². The molecule has 1 aromatic carbocycles. The van der Waals surface area contributed by atoms with Crippen molar-refractivity contribution < 1.29 is 9.53 Å². The first-order valence-electron chi connectivity index (χ1n) is 6.74. The van der Waals surface area contributed by atoms with Crippen LogP contribution in [0.15, 0.2) is 35.5 Å². The third kappa shape index (κ3) is 4.56. The minimum atomic E-state index is 0.0101. The van der Waals surface area contributed by atoms with E-state index in [-0.39, 0.29) is 5.78 Å². The smallest absolute Gasteiger partial charge is 0.188 e. The number of hydrogen-bond donors (Lipinski definition) is 0. The number of ketones is 1. The second-order valence-electron chi connectivity index (χ2n) is 4.68. The van der Waals surface area contributed by atoms with E-state index in [9.17, 15) is 4.79 Å². The highest BCUT2D eigenvalue weighted by Gasteiger charge is 2.07. The van der Waals surface area contributed by atoms with Crippen LogP contribution < -0.4 is 4.74 Å². The molecule has 4 nitrogen and oxygen atoms in total. The van der Waals surface area contributed by atoms with Gasteiger partial charge in [0.05, 0.1) is 12.2 Å². The first-order chi connectivity index (χ1) is 10.1. The van der Waals surface area contributed by atoms with E-state index in [0.717, 1.165) is 22.3 Å². The Labute approximate surface area is 129 Å². The number of ether oxygens (including phenoxy) is 1. The van der Waals surface area contributed by atoms with Crippen molar-refractivity contribution in [2.75, 3.05) is 12.4 Å². The molecule has 0 fully saturated rings. The van der Waals surface area contributed by atoms with Crippen LogP contribution in [0.3, 0.4) is 0 Å². The average Bonchev–Trinajstić information content (AvgIpc) is 2.43. The summed E-state index contributed by atoms with van der Waals surface area (Å²) < 4.78 is 5.68. The van der Waals surface area contributed by atoms with Gasteiger partial charge in [0.25, 0.3) is 0 Å². The van der Waals surface area contributed by atoms with Crippen LogP contribution in [-0.2, 0) is 0 Å². The Bertz CT molecular complexity index is 624. The van der Waals surface area contributed by atoms with E-state index in [1.807, 2.05) is 38.1 Å². The lowest BCUT2D eigenvalue weighted by Crippen LogP contribution is -2.05. The molecule has 0 unspecified atom stereocenters. The third-order valence-electron chi connectivity index (χ3n) is 2.80. The van der Waals surface area contributed by atoms with E-state index in [1.165, 1.54) is 0 Å². The summed E-state index contributed by atoms with van der Waals surface area (Å²) in [5.74, 6) is 1.37. The van der Waals surface area contributed by atoms with Gasteiger partial charge in [-0.1, -0.05) is 23.9 Å². The molecule has 2 aromatic rings. The predicted octanol–water partition coefficient (Wildman–Crippen LogP) is 3.47. The summed E-state index contributed by atoms with van der Waals surface area (Å²) in [6, 6.07) is 9.24. The van der Waals surface area contributed by atoms with Crippen LogP contribution in [-0.4, -0.2) is 28.1 Å². The largest absolute Gasteiger partial charge is 0.492 e. The number of hydrogen-bond acceptors (Lipinski definition) is 5. The number of nitrogens with zero attached hydrogens (tertiary/aromatic N) is 2. The Kier molecular flexibility index (Phi) is 5.33. The second kappa shape index (κ2) is 7.22. The fraction of sp³-hybridized carbons (Fsp3) is 0.312. The molecule has 0 saturated heterocycles. The topological polar surface area (TPSA) is 52.1 Å². The van der Waals surface area contributed by atoms with Crippen molar-refractivity contribution in [2.24, 2.45) is 0 Å². The molecule has 0 amide bonds. The molecule has 110 valence electrons. The van der Waals surface area contributed by atoms with E-state index in [2.05, 4.69) is 9.97 Å². The number of benzene rings is 1. The standard InChI is InChI=1S/C16H18N2O2S/c1-11-10-12(2)18-16(17-11)21-9-8-20-15-7-5-4-6-14(15)13(3)19/h4-7,10H,8-9H2,1-3H3. The van der Waals surface area contributed by atoms with Gasteiger partial charge in [0.1, 0.15) is 5.75 Å². The first-order valence-corrected chi connectivity index (χ1v) is 7.72. The van der Waals surface area contributed by atoms with Crippen LogP contribution in [0.4, 0.5) is 0 Å². The van der Waals surface area contributed by atoms with Gasteiger partial charge in [-0.05, 0) is 39.0 Å². The summed E-state index contributed by atoms with van der Waals surface area (Å²) in [4.78, 5) is 20.2. The summed E-state index contributed by atoms with van der Waals surface area (Å²) in [5.41, 5.74) is 2.55. The molecule has 0 saturated carbocycles. The Hall–Kier alpha value is -1.88. The summed E-state index contributed by atoms with van der Waals surface area (Å²) in [5, 5.41) is 0.760. The van der Waals surface area contributed by atoms with Gasteiger partial charge in [0.15, 0.2) is 10.9 Å². The lowest BCUT2D eigenvalue weighted by Gasteiger charge is -2.09. The van der Waals surface area contributed by atoms with Gasteiger partial charge in [0, 0.05) is 17.1 Å². The Balaban J connectivity index is 1.89. The molecule has 0 aliphatic rings. The van der Waals surface area contributed by atoms with Crippen molar-refractivity contribution in [3.05, 3.63) is 47.3 Å². The molecule has 0 aliphatic carbocycles. The number of carbonyl (C=O) groups excluding carboxylic acids is 1. The number of aromatic nitrogens is 2. The van der Waals surface area contributed by atoms with Crippen LogP contribution in [0.1, 0.15) is 28.7 Å². The van der Waals surface area contributed by atoms with Crippen LogP contribution in [0.25, 0.3) is 0 Å². The molecule has 2 rings (SSSR count). The monoisotopic (exact) mass is 302 g/mol. The number of rotatable bonds is 6. The second-order valence-corrected chi connectivity index (χ2v) is 5.74. The van der Waals surface area contributed by atoms with Crippen molar-refractivity contribution >= 4 is 17.5 Å². The zero-order valence-corrected chi connectivity index (χ0v) is 13.2. The van der Waals surface area contributed by atoms with Crippen molar-refractivity contribution in [1.82, 2.24) is 9.97 Å². The van der Waals surface area contributed by atoms with Gasteiger partial charge in [-0.15, -0.1) is 0 Å². The highest BCUT2D eigenvalue weighted by molar-refractivity contribution is 7.99. The minimum absolute atomic E-state index is 0.0101. The van der Waals surface area contributed by atoms with Crippen molar-refractivity contribution in [2.45, 2.75) is 25.9 Å². The molecule has 0 atom stereocenters.